The lowest BCUT2D eigenvalue weighted by Crippen LogP contribution is -2.07. The lowest BCUT2D eigenvalue weighted by atomic mass is 10.1. The van der Waals surface area contributed by atoms with Gasteiger partial charge in [-0.2, -0.15) is 0 Å². The van der Waals surface area contributed by atoms with Gasteiger partial charge in [0, 0.05) is 6.54 Å². The van der Waals surface area contributed by atoms with Gasteiger partial charge in [-0.1, -0.05) is 12.1 Å². The standard InChI is InChI=1S/C13H12FN3O2/c14-11-5-3-10(4-6-11)7-9-15-12-2-1-8-16-13(12)17(18)19/h1-6,8,15H,7,9H2. The van der Waals surface area contributed by atoms with Gasteiger partial charge in [-0.3, -0.25) is 0 Å². The van der Waals surface area contributed by atoms with Gasteiger partial charge in [0.25, 0.3) is 0 Å². The van der Waals surface area contributed by atoms with Crippen molar-refractivity contribution in [2.45, 2.75) is 6.42 Å². The minimum absolute atomic E-state index is 0.193. The lowest BCUT2D eigenvalue weighted by molar-refractivity contribution is -0.388. The SMILES string of the molecule is O=[N+]([O-])c1ncccc1NCCc1ccc(F)cc1. The molecule has 0 aliphatic carbocycles. The van der Waals surface area contributed by atoms with E-state index in [-0.39, 0.29) is 11.6 Å². The van der Waals surface area contributed by atoms with Crippen molar-refractivity contribution in [3.63, 3.8) is 0 Å². The quantitative estimate of drug-likeness (QED) is 0.663. The van der Waals surface area contributed by atoms with Gasteiger partial charge < -0.3 is 15.4 Å². The predicted molar refractivity (Wildman–Crippen MR) is 69.5 cm³/mol. The van der Waals surface area contributed by atoms with E-state index in [0.29, 0.717) is 18.7 Å². The Hall–Kier alpha value is -2.50. The molecular weight excluding hydrogens is 249 g/mol. The topological polar surface area (TPSA) is 68.1 Å². The number of nitro groups is 1. The van der Waals surface area contributed by atoms with Crippen LogP contribution >= 0.6 is 0 Å². The number of benzene rings is 1. The molecule has 2 aromatic rings. The summed E-state index contributed by atoms with van der Waals surface area (Å²) in [6.45, 7) is 0.512. The van der Waals surface area contributed by atoms with E-state index in [4.69, 9.17) is 0 Å². The van der Waals surface area contributed by atoms with Crippen molar-refractivity contribution in [3.8, 4) is 0 Å². The smallest absolute Gasteiger partial charge is 0.378 e. The predicted octanol–water partition coefficient (Wildman–Crippen LogP) is 2.78. The van der Waals surface area contributed by atoms with Gasteiger partial charge in [-0.05, 0) is 46.2 Å². The van der Waals surface area contributed by atoms with Crippen molar-refractivity contribution in [1.82, 2.24) is 4.98 Å². The van der Waals surface area contributed by atoms with E-state index in [2.05, 4.69) is 10.3 Å². The van der Waals surface area contributed by atoms with E-state index in [1.807, 2.05) is 0 Å². The molecule has 6 heteroatoms. The Morgan fingerprint density at radius 2 is 2.00 bits per heavy atom. The molecule has 0 unspecified atom stereocenters. The maximum Gasteiger partial charge on any atom is 0.386 e. The summed E-state index contributed by atoms with van der Waals surface area (Å²) in [5, 5.41) is 13.7. The highest BCUT2D eigenvalue weighted by Crippen LogP contribution is 2.19. The number of nitrogens with one attached hydrogen (secondary N) is 1. The van der Waals surface area contributed by atoms with Crippen LogP contribution in [0.15, 0.2) is 42.6 Å². The number of anilines is 1. The first-order chi connectivity index (χ1) is 9.16. The van der Waals surface area contributed by atoms with Gasteiger partial charge in [0.15, 0.2) is 0 Å². The minimum atomic E-state index is -0.528. The number of rotatable bonds is 5. The van der Waals surface area contributed by atoms with Crippen molar-refractivity contribution >= 4 is 11.5 Å². The zero-order valence-corrected chi connectivity index (χ0v) is 10.0. The van der Waals surface area contributed by atoms with Crippen LogP contribution in [0.1, 0.15) is 5.56 Å². The molecule has 19 heavy (non-hydrogen) atoms. The Bertz CT molecular complexity index is 572. The number of halogens is 1. The van der Waals surface area contributed by atoms with E-state index in [9.17, 15) is 14.5 Å². The fourth-order valence-electron chi connectivity index (χ4n) is 1.67. The number of pyridine rings is 1. The van der Waals surface area contributed by atoms with E-state index in [1.165, 1.54) is 18.3 Å². The van der Waals surface area contributed by atoms with Crippen LogP contribution in [0.25, 0.3) is 0 Å². The molecule has 0 spiro atoms. The highest BCUT2D eigenvalue weighted by Gasteiger charge is 2.12. The fraction of sp³-hybridized carbons (Fsp3) is 0.154. The summed E-state index contributed by atoms with van der Waals surface area (Å²) in [6.07, 6.45) is 2.02. The molecule has 2 rings (SSSR count). The van der Waals surface area contributed by atoms with Crippen LogP contribution < -0.4 is 5.32 Å². The Kier molecular flexibility index (Phi) is 4.02. The maximum absolute atomic E-state index is 12.7. The second kappa shape index (κ2) is 5.90. The summed E-state index contributed by atoms with van der Waals surface area (Å²) in [4.78, 5) is 13.9. The highest BCUT2D eigenvalue weighted by atomic mass is 19.1. The molecular formula is C13H12FN3O2. The van der Waals surface area contributed by atoms with Gasteiger partial charge in [0.05, 0.1) is 0 Å². The largest absolute Gasteiger partial charge is 0.386 e. The molecule has 0 amide bonds. The van der Waals surface area contributed by atoms with Gasteiger partial charge >= 0.3 is 5.82 Å². The second-order valence-corrected chi connectivity index (χ2v) is 3.93. The number of nitrogens with zero attached hydrogens (tertiary/aromatic N) is 2. The summed E-state index contributed by atoms with van der Waals surface area (Å²) in [6, 6.07) is 9.40. The lowest BCUT2D eigenvalue weighted by Gasteiger charge is -2.06. The second-order valence-electron chi connectivity index (χ2n) is 3.93. The average molecular weight is 261 g/mol. The zero-order chi connectivity index (χ0) is 13.7. The average Bonchev–Trinajstić information content (AvgIpc) is 2.41. The molecule has 5 nitrogen and oxygen atoms in total. The summed E-state index contributed by atoms with van der Waals surface area (Å²) in [7, 11) is 0. The minimum Gasteiger partial charge on any atom is -0.378 e. The van der Waals surface area contributed by atoms with E-state index < -0.39 is 4.92 Å². The van der Waals surface area contributed by atoms with Crippen LogP contribution in [0.2, 0.25) is 0 Å². The first kappa shape index (κ1) is 12.9. The molecule has 0 atom stereocenters. The maximum atomic E-state index is 12.7. The first-order valence-corrected chi connectivity index (χ1v) is 5.74. The van der Waals surface area contributed by atoms with Crippen LogP contribution in [0.3, 0.4) is 0 Å². The molecule has 0 bridgehead atoms. The molecule has 0 fully saturated rings. The number of hydrogen-bond donors (Lipinski definition) is 1. The van der Waals surface area contributed by atoms with Crippen LogP contribution in [-0.4, -0.2) is 16.5 Å². The van der Waals surface area contributed by atoms with E-state index in [0.717, 1.165) is 5.56 Å². The summed E-state index contributed by atoms with van der Waals surface area (Å²) in [5.74, 6) is -0.471. The Labute approximate surface area is 109 Å². The molecule has 0 saturated carbocycles. The van der Waals surface area contributed by atoms with Gasteiger partial charge in [0.2, 0.25) is 0 Å². The molecule has 1 aromatic carbocycles. The van der Waals surface area contributed by atoms with Gasteiger partial charge in [0.1, 0.15) is 17.7 Å². The third kappa shape index (κ3) is 3.48. The van der Waals surface area contributed by atoms with Gasteiger partial charge in [-0.15, -0.1) is 0 Å². The third-order valence-corrected chi connectivity index (χ3v) is 2.60. The van der Waals surface area contributed by atoms with Crippen molar-refractivity contribution in [2.24, 2.45) is 0 Å². The van der Waals surface area contributed by atoms with Crippen LogP contribution in [0.5, 0.6) is 0 Å². The first-order valence-electron chi connectivity index (χ1n) is 5.74. The normalized spacial score (nSPS) is 10.2. The van der Waals surface area contributed by atoms with Crippen molar-refractivity contribution in [3.05, 3.63) is 64.1 Å². The monoisotopic (exact) mass is 261 g/mol. The Morgan fingerprint density at radius 3 is 2.68 bits per heavy atom. The third-order valence-electron chi connectivity index (χ3n) is 2.60. The number of aromatic nitrogens is 1. The molecule has 0 radical (unpaired) electrons. The van der Waals surface area contributed by atoms with Crippen LogP contribution in [0, 0.1) is 15.9 Å². The zero-order valence-electron chi connectivity index (χ0n) is 10.0. The molecule has 0 aliphatic rings. The van der Waals surface area contributed by atoms with Crippen molar-refractivity contribution < 1.29 is 9.31 Å². The molecule has 0 aliphatic heterocycles. The summed E-state index contributed by atoms with van der Waals surface area (Å²) in [5.41, 5.74) is 1.34. The summed E-state index contributed by atoms with van der Waals surface area (Å²) < 4.78 is 12.7. The Morgan fingerprint density at radius 1 is 1.26 bits per heavy atom. The fourth-order valence-corrected chi connectivity index (χ4v) is 1.67. The number of hydrogen-bond acceptors (Lipinski definition) is 4. The van der Waals surface area contributed by atoms with Crippen molar-refractivity contribution in [2.75, 3.05) is 11.9 Å². The van der Waals surface area contributed by atoms with Crippen molar-refractivity contribution in [1.29, 1.82) is 0 Å². The van der Waals surface area contributed by atoms with Crippen LogP contribution in [0.4, 0.5) is 15.9 Å². The highest BCUT2D eigenvalue weighted by molar-refractivity contribution is 5.56. The molecule has 1 aromatic heterocycles. The van der Waals surface area contributed by atoms with Gasteiger partial charge in [-0.25, -0.2) is 4.39 Å². The molecule has 0 saturated heterocycles. The summed E-state index contributed by atoms with van der Waals surface area (Å²) >= 11 is 0. The molecule has 98 valence electrons. The molecule has 1 N–H and O–H groups in total. The Balaban J connectivity index is 1.96. The molecule has 1 heterocycles. The van der Waals surface area contributed by atoms with Crippen LogP contribution in [-0.2, 0) is 6.42 Å². The van der Waals surface area contributed by atoms with E-state index >= 15 is 0 Å². The van der Waals surface area contributed by atoms with E-state index in [1.54, 1.807) is 24.3 Å².